The van der Waals surface area contributed by atoms with Crippen LogP contribution in [0, 0.1) is 0 Å². The molecule has 3 rings (SSSR count). The van der Waals surface area contributed by atoms with Gasteiger partial charge in [0.15, 0.2) is 0 Å². The lowest BCUT2D eigenvalue weighted by molar-refractivity contribution is -0.138. The average molecular weight is 429 g/mol. The first kappa shape index (κ1) is 21.6. The number of thioether (sulfide) groups is 1. The molecule has 1 aliphatic heterocycles. The zero-order valence-electron chi connectivity index (χ0n) is 17.1. The molecule has 1 atom stereocenters. The molecule has 0 unspecified atom stereocenters. The highest BCUT2D eigenvalue weighted by molar-refractivity contribution is 7.99. The Morgan fingerprint density at radius 2 is 1.87 bits per heavy atom. The lowest BCUT2D eigenvalue weighted by Crippen LogP contribution is -2.45. The molecule has 0 saturated heterocycles. The Hall–Kier alpha value is -3.13. The van der Waals surface area contributed by atoms with Gasteiger partial charge >= 0.3 is 12.0 Å². The summed E-state index contributed by atoms with van der Waals surface area (Å²) in [6.07, 6.45) is 0. The van der Waals surface area contributed by atoms with Gasteiger partial charge in [-0.2, -0.15) is 0 Å². The fourth-order valence-electron chi connectivity index (χ4n) is 3.14. The molecule has 0 aromatic heterocycles. The lowest BCUT2D eigenvalue weighted by atomic mass is 9.94. The van der Waals surface area contributed by atoms with E-state index in [0.29, 0.717) is 34.1 Å². The number of allylic oxidation sites excluding steroid dienone is 1. The van der Waals surface area contributed by atoms with Crippen LogP contribution in [0.5, 0.6) is 11.5 Å². The molecule has 1 aliphatic rings. The van der Waals surface area contributed by atoms with Crippen LogP contribution in [-0.4, -0.2) is 38.6 Å². The minimum atomic E-state index is -0.700. The number of hydrogen-bond donors (Lipinski definition) is 2. The van der Waals surface area contributed by atoms with Crippen LogP contribution in [-0.2, 0) is 9.53 Å². The summed E-state index contributed by atoms with van der Waals surface area (Å²) in [5, 5.41) is 5.43. The fraction of sp³-hybridized carbons (Fsp3) is 0.273. The third-order valence-electron chi connectivity index (χ3n) is 4.57. The minimum Gasteiger partial charge on any atom is -0.497 e. The van der Waals surface area contributed by atoms with E-state index in [1.807, 2.05) is 30.3 Å². The molecule has 2 amide bonds. The standard InChI is InChI=1S/C22H24N2O5S/c1-14-19(21(25)29-11-12-30-16-7-5-4-6-8-16)20(24-22(26)23-14)17-10-9-15(27-2)13-18(17)28-3/h4-10,13,20H,11-12H2,1-3H3,(H2,23,24,26)/t20-/m1/s1. The van der Waals surface area contributed by atoms with Gasteiger partial charge in [-0.15, -0.1) is 11.8 Å². The number of ether oxygens (including phenoxy) is 3. The number of carbonyl (C=O) groups is 2. The van der Waals surface area contributed by atoms with Crippen molar-refractivity contribution in [3.8, 4) is 11.5 Å². The molecule has 158 valence electrons. The number of benzene rings is 2. The van der Waals surface area contributed by atoms with Gasteiger partial charge in [0.2, 0.25) is 0 Å². The molecule has 1 heterocycles. The van der Waals surface area contributed by atoms with Gasteiger partial charge in [-0.3, -0.25) is 0 Å². The Morgan fingerprint density at radius 1 is 1.10 bits per heavy atom. The first-order valence-corrected chi connectivity index (χ1v) is 10.4. The molecular formula is C22H24N2O5S. The van der Waals surface area contributed by atoms with Crippen molar-refractivity contribution >= 4 is 23.8 Å². The van der Waals surface area contributed by atoms with Crippen molar-refractivity contribution < 1.29 is 23.8 Å². The summed E-state index contributed by atoms with van der Waals surface area (Å²) >= 11 is 1.61. The van der Waals surface area contributed by atoms with Gasteiger partial charge in [0.1, 0.15) is 18.1 Å². The normalized spacial score (nSPS) is 15.8. The summed E-state index contributed by atoms with van der Waals surface area (Å²) < 4.78 is 16.2. The van der Waals surface area contributed by atoms with Crippen LogP contribution in [0.1, 0.15) is 18.5 Å². The molecule has 2 N–H and O–H groups in total. The summed E-state index contributed by atoms with van der Waals surface area (Å²) in [4.78, 5) is 26.1. The highest BCUT2D eigenvalue weighted by atomic mass is 32.2. The number of nitrogens with one attached hydrogen (secondary N) is 2. The maximum atomic E-state index is 12.9. The number of methoxy groups -OCH3 is 2. The van der Waals surface area contributed by atoms with Crippen LogP contribution in [0.25, 0.3) is 0 Å². The smallest absolute Gasteiger partial charge is 0.338 e. The van der Waals surface area contributed by atoms with Crippen molar-refractivity contribution in [2.75, 3.05) is 26.6 Å². The van der Waals surface area contributed by atoms with Gasteiger partial charge in [0, 0.05) is 28.0 Å². The van der Waals surface area contributed by atoms with Crippen LogP contribution in [0.4, 0.5) is 4.79 Å². The monoisotopic (exact) mass is 428 g/mol. The van der Waals surface area contributed by atoms with Gasteiger partial charge in [-0.05, 0) is 31.2 Å². The third-order valence-corrected chi connectivity index (χ3v) is 5.55. The predicted octanol–water partition coefficient (Wildman–Crippen LogP) is 3.67. The van der Waals surface area contributed by atoms with Crippen molar-refractivity contribution in [2.45, 2.75) is 17.9 Å². The Balaban J connectivity index is 1.75. The minimum absolute atomic E-state index is 0.246. The number of esters is 1. The number of urea groups is 1. The molecule has 0 bridgehead atoms. The maximum Gasteiger partial charge on any atom is 0.338 e. The predicted molar refractivity (Wildman–Crippen MR) is 115 cm³/mol. The molecule has 7 nitrogen and oxygen atoms in total. The molecule has 8 heteroatoms. The topological polar surface area (TPSA) is 85.9 Å². The molecule has 0 radical (unpaired) electrons. The van der Waals surface area contributed by atoms with Gasteiger partial charge in [0.25, 0.3) is 0 Å². The van der Waals surface area contributed by atoms with Crippen molar-refractivity contribution in [1.29, 1.82) is 0 Å². The Bertz CT molecular complexity index is 946. The zero-order chi connectivity index (χ0) is 21.5. The Kier molecular flexibility index (Phi) is 7.24. The number of carbonyl (C=O) groups excluding carboxylic acids is 2. The molecule has 30 heavy (non-hydrogen) atoms. The molecule has 0 spiro atoms. The number of hydrogen-bond acceptors (Lipinski definition) is 6. The molecule has 0 saturated carbocycles. The molecule has 0 aliphatic carbocycles. The first-order chi connectivity index (χ1) is 14.5. The number of rotatable bonds is 8. The quantitative estimate of drug-likeness (QED) is 0.379. The van der Waals surface area contributed by atoms with E-state index >= 15 is 0 Å². The summed E-state index contributed by atoms with van der Waals surface area (Å²) in [7, 11) is 3.08. The van der Waals surface area contributed by atoms with E-state index in [1.54, 1.807) is 44.0 Å². The lowest BCUT2D eigenvalue weighted by Gasteiger charge is -2.29. The van der Waals surface area contributed by atoms with Gasteiger partial charge in [0.05, 0.1) is 25.8 Å². The van der Waals surface area contributed by atoms with E-state index in [0.717, 1.165) is 4.90 Å². The average Bonchev–Trinajstić information content (AvgIpc) is 2.76. The van der Waals surface area contributed by atoms with Crippen LogP contribution in [0.2, 0.25) is 0 Å². The first-order valence-electron chi connectivity index (χ1n) is 9.38. The van der Waals surface area contributed by atoms with E-state index < -0.39 is 18.0 Å². The SMILES string of the molecule is COc1ccc([C@H]2NC(=O)NC(C)=C2C(=O)OCCSc2ccccc2)c(OC)c1. The second-order valence-electron chi connectivity index (χ2n) is 6.48. The number of amides is 2. The van der Waals surface area contributed by atoms with E-state index in [1.165, 1.54) is 7.11 Å². The van der Waals surface area contributed by atoms with Gasteiger partial charge < -0.3 is 24.8 Å². The van der Waals surface area contributed by atoms with Crippen LogP contribution in [0.15, 0.2) is 64.7 Å². The van der Waals surface area contributed by atoms with E-state index in [9.17, 15) is 9.59 Å². The van der Waals surface area contributed by atoms with Crippen LogP contribution in [0.3, 0.4) is 0 Å². The zero-order valence-corrected chi connectivity index (χ0v) is 17.9. The van der Waals surface area contributed by atoms with E-state index in [2.05, 4.69) is 10.6 Å². The molecule has 2 aromatic carbocycles. The Morgan fingerprint density at radius 3 is 2.57 bits per heavy atom. The summed E-state index contributed by atoms with van der Waals surface area (Å²) in [6.45, 7) is 1.92. The van der Waals surface area contributed by atoms with Gasteiger partial charge in [-0.25, -0.2) is 9.59 Å². The second kappa shape index (κ2) is 10.1. The highest BCUT2D eigenvalue weighted by Gasteiger charge is 2.34. The molecule has 2 aromatic rings. The maximum absolute atomic E-state index is 12.9. The summed E-state index contributed by atoms with van der Waals surface area (Å²) in [5.74, 6) is 1.24. The molecular weight excluding hydrogens is 404 g/mol. The summed E-state index contributed by atoms with van der Waals surface area (Å²) in [6, 6.07) is 14.0. The van der Waals surface area contributed by atoms with Crippen molar-refractivity contribution in [2.24, 2.45) is 0 Å². The largest absolute Gasteiger partial charge is 0.497 e. The fourth-order valence-corrected chi connectivity index (χ4v) is 3.89. The van der Waals surface area contributed by atoms with Crippen molar-refractivity contribution in [3.63, 3.8) is 0 Å². The second-order valence-corrected chi connectivity index (χ2v) is 7.64. The Labute approximate surface area is 179 Å². The summed E-state index contributed by atoms with van der Waals surface area (Å²) in [5.41, 5.74) is 1.42. The highest BCUT2D eigenvalue weighted by Crippen LogP contribution is 2.35. The third kappa shape index (κ3) is 5.07. The van der Waals surface area contributed by atoms with E-state index in [-0.39, 0.29) is 6.61 Å². The van der Waals surface area contributed by atoms with Crippen LogP contribution >= 0.6 is 11.8 Å². The van der Waals surface area contributed by atoms with E-state index in [4.69, 9.17) is 14.2 Å². The van der Waals surface area contributed by atoms with Crippen molar-refractivity contribution in [3.05, 3.63) is 65.4 Å². The van der Waals surface area contributed by atoms with Crippen LogP contribution < -0.4 is 20.1 Å². The van der Waals surface area contributed by atoms with Gasteiger partial charge in [-0.1, -0.05) is 18.2 Å². The van der Waals surface area contributed by atoms with Crippen molar-refractivity contribution in [1.82, 2.24) is 10.6 Å². The molecule has 0 fully saturated rings.